The Kier molecular flexibility index (Phi) is 4.96. The van der Waals surface area contributed by atoms with Crippen molar-refractivity contribution in [1.29, 1.82) is 0 Å². The molecule has 1 heterocycles. The van der Waals surface area contributed by atoms with Gasteiger partial charge in [0, 0.05) is 6.42 Å². The lowest BCUT2D eigenvalue weighted by Gasteiger charge is -2.32. The van der Waals surface area contributed by atoms with Crippen LogP contribution in [0, 0.1) is 5.92 Å². The van der Waals surface area contributed by atoms with Crippen LogP contribution in [0.25, 0.3) is 5.57 Å². The number of hydrogen-bond donors (Lipinski definition) is 0. The normalized spacial score (nSPS) is 24.9. The van der Waals surface area contributed by atoms with Gasteiger partial charge in [0.25, 0.3) is 0 Å². The third-order valence-electron chi connectivity index (χ3n) is 5.90. The fraction of sp³-hybridized carbons (Fsp3) is 0.571. The number of hydrogen-bond acceptors (Lipinski definition) is 3. The molecule has 3 rings (SSSR count). The second-order valence-corrected chi connectivity index (χ2v) is 8.49. The molecule has 1 aromatic carbocycles. The molecule has 1 unspecified atom stereocenters. The van der Waals surface area contributed by atoms with Crippen LogP contribution in [-0.4, -0.2) is 24.1 Å². The Morgan fingerprint density at radius 3 is 2.20 bits per heavy atom. The highest BCUT2D eigenvalue weighted by molar-refractivity contribution is 6.62. The van der Waals surface area contributed by atoms with Gasteiger partial charge >= 0.3 is 7.12 Å². The standard InChI is InChI=1S/C21H29BO3/c1-15(23)14-16-6-8-17(9-7-16)18-10-12-19(13-11-18)22-24-20(2,3)21(4,5)25-22/h8,10-13,16H,6-7,9,14H2,1-5H3. The van der Waals surface area contributed by atoms with E-state index in [0.29, 0.717) is 18.1 Å². The minimum Gasteiger partial charge on any atom is -0.399 e. The maximum atomic E-state index is 11.3. The van der Waals surface area contributed by atoms with Crippen LogP contribution in [0.15, 0.2) is 30.3 Å². The molecule has 0 bridgehead atoms. The lowest BCUT2D eigenvalue weighted by atomic mass is 9.78. The zero-order valence-electron chi connectivity index (χ0n) is 16.1. The van der Waals surface area contributed by atoms with Gasteiger partial charge in [0.15, 0.2) is 0 Å². The number of benzene rings is 1. The molecule has 3 nitrogen and oxygen atoms in total. The van der Waals surface area contributed by atoms with Crippen LogP contribution in [-0.2, 0) is 14.1 Å². The van der Waals surface area contributed by atoms with E-state index in [-0.39, 0.29) is 18.3 Å². The summed E-state index contributed by atoms with van der Waals surface area (Å²) in [6.07, 6.45) is 6.18. The highest BCUT2D eigenvalue weighted by Crippen LogP contribution is 2.37. The molecule has 2 aliphatic rings. The van der Waals surface area contributed by atoms with Gasteiger partial charge in [0.1, 0.15) is 5.78 Å². The van der Waals surface area contributed by atoms with Crippen molar-refractivity contribution in [2.75, 3.05) is 0 Å². The summed E-state index contributed by atoms with van der Waals surface area (Å²) in [5.41, 5.74) is 3.09. The number of carbonyl (C=O) groups is 1. The first-order valence-electron chi connectivity index (χ1n) is 9.32. The van der Waals surface area contributed by atoms with E-state index in [1.54, 1.807) is 6.92 Å². The molecule has 1 aliphatic heterocycles. The SMILES string of the molecule is CC(=O)CC1CC=C(c2ccc(B3OC(C)(C)C(C)(C)O3)cc2)CC1. The van der Waals surface area contributed by atoms with Crippen LogP contribution >= 0.6 is 0 Å². The van der Waals surface area contributed by atoms with Crippen molar-refractivity contribution in [3.63, 3.8) is 0 Å². The van der Waals surface area contributed by atoms with Crippen molar-refractivity contribution >= 4 is 23.9 Å². The first kappa shape index (κ1) is 18.4. The zero-order valence-corrected chi connectivity index (χ0v) is 16.1. The topological polar surface area (TPSA) is 35.5 Å². The summed E-state index contributed by atoms with van der Waals surface area (Å²) in [4.78, 5) is 11.3. The second kappa shape index (κ2) is 6.73. The Morgan fingerprint density at radius 1 is 1.12 bits per heavy atom. The van der Waals surface area contributed by atoms with Gasteiger partial charge in [0.05, 0.1) is 11.2 Å². The van der Waals surface area contributed by atoms with E-state index in [4.69, 9.17) is 9.31 Å². The molecular weight excluding hydrogens is 311 g/mol. The van der Waals surface area contributed by atoms with Crippen LogP contribution in [0.2, 0.25) is 0 Å². The maximum Gasteiger partial charge on any atom is 0.494 e. The molecule has 0 amide bonds. The minimum atomic E-state index is -0.312. The summed E-state index contributed by atoms with van der Waals surface area (Å²) in [6.45, 7) is 9.99. The Labute approximate surface area is 151 Å². The van der Waals surface area contributed by atoms with E-state index in [2.05, 4.69) is 58.0 Å². The molecule has 0 radical (unpaired) electrons. The summed E-state index contributed by atoms with van der Waals surface area (Å²) < 4.78 is 12.2. The average molecular weight is 340 g/mol. The minimum absolute atomic E-state index is 0.300. The van der Waals surface area contributed by atoms with E-state index in [9.17, 15) is 4.79 Å². The summed E-state index contributed by atoms with van der Waals surface area (Å²) in [7, 11) is -0.306. The van der Waals surface area contributed by atoms with Crippen LogP contribution < -0.4 is 5.46 Å². The predicted molar refractivity (Wildman–Crippen MR) is 103 cm³/mol. The van der Waals surface area contributed by atoms with Crippen molar-refractivity contribution in [1.82, 2.24) is 0 Å². The van der Waals surface area contributed by atoms with Crippen molar-refractivity contribution < 1.29 is 14.1 Å². The van der Waals surface area contributed by atoms with Crippen molar-refractivity contribution in [2.24, 2.45) is 5.92 Å². The summed E-state index contributed by atoms with van der Waals surface area (Å²) in [5.74, 6) is 0.818. The quantitative estimate of drug-likeness (QED) is 0.773. The predicted octanol–water partition coefficient (Wildman–Crippen LogP) is 4.15. The number of allylic oxidation sites excluding steroid dienone is 2. The highest BCUT2D eigenvalue weighted by atomic mass is 16.7. The van der Waals surface area contributed by atoms with E-state index in [0.717, 1.165) is 24.7 Å². The average Bonchev–Trinajstić information content (AvgIpc) is 2.76. The number of rotatable bonds is 4. The van der Waals surface area contributed by atoms with Crippen molar-refractivity contribution in [3.8, 4) is 0 Å². The zero-order chi connectivity index (χ0) is 18.2. The molecule has 0 aromatic heterocycles. The van der Waals surface area contributed by atoms with Crippen LogP contribution in [0.1, 0.15) is 65.9 Å². The molecule has 134 valence electrons. The highest BCUT2D eigenvalue weighted by Gasteiger charge is 2.51. The molecule has 0 spiro atoms. The van der Waals surface area contributed by atoms with E-state index in [1.165, 1.54) is 11.1 Å². The Morgan fingerprint density at radius 2 is 1.72 bits per heavy atom. The van der Waals surface area contributed by atoms with Gasteiger partial charge in [-0.25, -0.2) is 0 Å². The van der Waals surface area contributed by atoms with Gasteiger partial charge in [-0.1, -0.05) is 30.3 Å². The Bertz CT molecular complexity index is 657. The fourth-order valence-electron chi connectivity index (χ4n) is 3.58. The molecule has 1 atom stereocenters. The first-order valence-corrected chi connectivity index (χ1v) is 9.32. The Balaban J connectivity index is 1.68. The molecular formula is C21H29BO3. The molecule has 1 aliphatic carbocycles. The maximum absolute atomic E-state index is 11.3. The lowest BCUT2D eigenvalue weighted by molar-refractivity contribution is -0.117. The van der Waals surface area contributed by atoms with Gasteiger partial charge in [0.2, 0.25) is 0 Å². The summed E-state index contributed by atoms with van der Waals surface area (Å²) >= 11 is 0. The van der Waals surface area contributed by atoms with Crippen molar-refractivity contribution in [2.45, 2.75) is 71.5 Å². The van der Waals surface area contributed by atoms with Crippen LogP contribution in [0.4, 0.5) is 0 Å². The number of Topliss-reactive ketones (excluding diaryl/α,β-unsaturated/α-hetero) is 1. The summed E-state index contributed by atoms with van der Waals surface area (Å²) in [5, 5.41) is 0. The number of carbonyl (C=O) groups excluding carboxylic acids is 1. The van der Waals surface area contributed by atoms with Crippen molar-refractivity contribution in [3.05, 3.63) is 35.9 Å². The molecule has 1 saturated heterocycles. The van der Waals surface area contributed by atoms with E-state index in [1.807, 2.05) is 0 Å². The Hall–Kier alpha value is -1.39. The smallest absolute Gasteiger partial charge is 0.399 e. The third-order valence-corrected chi connectivity index (χ3v) is 5.90. The molecule has 25 heavy (non-hydrogen) atoms. The third kappa shape index (κ3) is 3.90. The lowest BCUT2D eigenvalue weighted by Crippen LogP contribution is -2.41. The number of ketones is 1. The fourth-order valence-corrected chi connectivity index (χ4v) is 3.58. The summed E-state index contributed by atoms with van der Waals surface area (Å²) in [6, 6.07) is 8.55. The molecule has 4 heteroatoms. The van der Waals surface area contributed by atoms with Gasteiger partial charge in [-0.15, -0.1) is 0 Å². The van der Waals surface area contributed by atoms with Gasteiger partial charge in [-0.05, 0) is 76.4 Å². The van der Waals surface area contributed by atoms with Gasteiger partial charge < -0.3 is 14.1 Å². The first-order chi connectivity index (χ1) is 11.7. The van der Waals surface area contributed by atoms with Crippen LogP contribution in [0.3, 0.4) is 0 Å². The molecule has 1 aromatic rings. The van der Waals surface area contributed by atoms with E-state index < -0.39 is 0 Å². The van der Waals surface area contributed by atoms with E-state index >= 15 is 0 Å². The van der Waals surface area contributed by atoms with Gasteiger partial charge in [-0.2, -0.15) is 0 Å². The second-order valence-electron chi connectivity index (χ2n) is 8.49. The largest absolute Gasteiger partial charge is 0.494 e. The van der Waals surface area contributed by atoms with Gasteiger partial charge in [-0.3, -0.25) is 0 Å². The molecule has 0 N–H and O–H groups in total. The molecule has 0 saturated carbocycles. The molecule has 1 fully saturated rings. The van der Waals surface area contributed by atoms with Crippen LogP contribution in [0.5, 0.6) is 0 Å². The monoisotopic (exact) mass is 340 g/mol.